The van der Waals surface area contributed by atoms with E-state index < -0.39 is 0 Å². The van der Waals surface area contributed by atoms with E-state index in [0.29, 0.717) is 11.4 Å². The van der Waals surface area contributed by atoms with Crippen molar-refractivity contribution in [1.82, 2.24) is 10.0 Å². The van der Waals surface area contributed by atoms with Gasteiger partial charge < -0.3 is 5.11 Å². The molecule has 0 aromatic heterocycles. The number of phenols is 1. The molecule has 0 bridgehead atoms. The van der Waals surface area contributed by atoms with Gasteiger partial charge in [0.05, 0.1) is 0 Å². The topological polar surface area (TPSA) is 43.8 Å². The fourth-order valence-corrected chi connectivity index (χ4v) is 3.53. The van der Waals surface area contributed by atoms with Crippen molar-refractivity contribution in [3.05, 3.63) is 28.8 Å². The minimum absolute atomic E-state index is 0.00830. The first-order chi connectivity index (χ1) is 10.1. The van der Waals surface area contributed by atoms with Crippen LogP contribution in [0.5, 0.6) is 5.75 Å². The lowest BCUT2D eigenvalue weighted by Gasteiger charge is -2.34. The second-order valence-corrected chi connectivity index (χ2v) is 6.35. The van der Waals surface area contributed by atoms with Crippen molar-refractivity contribution in [2.75, 3.05) is 19.6 Å². The summed E-state index contributed by atoms with van der Waals surface area (Å²) in [5, 5.41) is 14.1. The first kappa shape index (κ1) is 14.7. The lowest BCUT2D eigenvalue weighted by molar-refractivity contribution is -0.147. The quantitative estimate of drug-likeness (QED) is 0.934. The lowest BCUT2D eigenvalue weighted by Crippen LogP contribution is -2.47. The van der Waals surface area contributed by atoms with Crippen molar-refractivity contribution in [2.45, 2.75) is 32.1 Å². The monoisotopic (exact) mass is 308 g/mol. The maximum absolute atomic E-state index is 12.6. The Morgan fingerprint density at radius 3 is 2.67 bits per heavy atom. The highest BCUT2D eigenvalue weighted by molar-refractivity contribution is 6.31. The summed E-state index contributed by atoms with van der Waals surface area (Å²) in [6.45, 7) is 2.82. The number of hydrogen-bond donors (Lipinski definition) is 1. The second kappa shape index (κ2) is 6.24. The van der Waals surface area contributed by atoms with Crippen LogP contribution in [0.15, 0.2) is 18.2 Å². The molecule has 1 N–H and O–H groups in total. The van der Waals surface area contributed by atoms with Gasteiger partial charge in [-0.2, -0.15) is 0 Å². The van der Waals surface area contributed by atoms with Gasteiger partial charge in [0, 0.05) is 30.6 Å². The van der Waals surface area contributed by atoms with E-state index in [4.69, 9.17) is 11.6 Å². The molecule has 0 saturated carbocycles. The summed E-state index contributed by atoms with van der Waals surface area (Å²) >= 11 is 6.15. The van der Waals surface area contributed by atoms with Crippen molar-refractivity contribution in [3.8, 4) is 5.75 Å². The van der Waals surface area contributed by atoms with Gasteiger partial charge in [-0.3, -0.25) is 9.80 Å². The first-order valence-electron chi connectivity index (χ1n) is 7.69. The van der Waals surface area contributed by atoms with Crippen LogP contribution in [-0.2, 0) is 11.2 Å². The zero-order valence-corrected chi connectivity index (χ0v) is 12.9. The SMILES string of the molecule is O=C1C(Cc2ccc(O)cc2Cl)CCN1N1CCCCC1. The third-order valence-electron chi connectivity index (χ3n) is 4.47. The van der Waals surface area contributed by atoms with E-state index in [2.05, 4.69) is 5.01 Å². The van der Waals surface area contributed by atoms with Crippen LogP contribution in [0.3, 0.4) is 0 Å². The fourth-order valence-electron chi connectivity index (χ4n) is 3.28. The molecule has 2 aliphatic rings. The van der Waals surface area contributed by atoms with E-state index in [1.54, 1.807) is 12.1 Å². The molecule has 2 heterocycles. The zero-order chi connectivity index (χ0) is 14.8. The summed E-state index contributed by atoms with van der Waals surface area (Å²) in [6, 6.07) is 4.98. The van der Waals surface area contributed by atoms with Gasteiger partial charge in [0.2, 0.25) is 5.91 Å². The van der Waals surface area contributed by atoms with E-state index in [0.717, 1.165) is 31.6 Å². The average Bonchev–Trinajstić information content (AvgIpc) is 2.84. The predicted octanol–water partition coefficient (Wildman–Crippen LogP) is 2.84. The highest BCUT2D eigenvalue weighted by atomic mass is 35.5. The van der Waals surface area contributed by atoms with Gasteiger partial charge in [-0.05, 0) is 43.4 Å². The van der Waals surface area contributed by atoms with Crippen molar-refractivity contribution < 1.29 is 9.90 Å². The second-order valence-electron chi connectivity index (χ2n) is 5.94. The van der Waals surface area contributed by atoms with E-state index in [1.807, 2.05) is 11.1 Å². The van der Waals surface area contributed by atoms with Gasteiger partial charge in [-0.1, -0.05) is 24.1 Å². The summed E-state index contributed by atoms with van der Waals surface area (Å²) in [5.41, 5.74) is 0.938. The highest BCUT2D eigenvalue weighted by Gasteiger charge is 2.35. The summed E-state index contributed by atoms with van der Waals surface area (Å²) in [4.78, 5) is 12.6. The van der Waals surface area contributed by atoms with E-state index in [1.165, 1.54) is 19.3 Å². The molecule has 0 spiro atoms. The Morgan fingerprint density at radius 1 is 1.19 bits per heavy atom. The number of aromatic hydroxyl groups is 1. The molecule has 1 aromatic carbocycles. The summed E-state index contributed by atoms with van der Waals surface area (Å²) in [7, 11) is 0. The largest absolute Gasteiger partial charge is 0.508 e. The van der Waals surface area contributed by atoms with Gasteiger partial charge in [-0.15, -0.1) is 0 Å². The molecule has 1 atom stereocenters. The van der Waals surface area contributed by atoms with Crippen molar-refractivity contribution in [3.63, 3.8) is 0 Å². The van der Waals surface area contributed by atoms with Crippen LogP contribution in [0.4, 0.5) is 0 Å². The number of hydrazine groups is 1. The Hall–Kier alpha value is -1.26. The Morgan fingerprint density at radius 2 is 1.95 bits per heavy atom. The van der Waals surface area contributed by atoms with E-state index in [-0.39, 0.29) is 17.6 Å². The predicted molar refractivity (Wildman–Crippen MR) is 82.1 cm³/mol. The molecule has 1 unspecified atom stereocenters. The molecule has 0 aliphatic carbocycles. The minimum atomic E-state index is 0.00830. The van der Waals surface area contributed by atoms with Crippen molar-refractivity contribution in [2.24, 2.45) is 5.92 Å². The lowest BCUT2D eigenvalue weighted by atomic mass is 9.98. The number of piperidine rings is 1. The number of carbonyl (C=O) groups is 1. The van der Waals surface area contributed by atoms with Crippen LogP contribution in [0.2, 0.25) is 5.02 Å². The molecule has 1 aromatic rings. The number of amides is 1. The van der Waals surface area contributed by atoms with Gasteiger partial charge in [0.1, 0.15) is 5.75 Å². The molecular formula is C16H21ClN2O2. The molecule has 3 rings (SSSR count). The number of phenolic OH excluding ortho intramolecular Hbond substituents is 1. The van der Waals surface area contributed by atoms with E-state index >= 15 is 0 Å². The number of nitrogens with zero attached hydrogens (tertiary/aromatic N) is 2. The average molecular weight is 309 g/mol. The van der Waals surface area contributed by atoms with E-state index in [9.17, 15) is 9.90 Å². The Kier molecular flexibility index (Phi) is 4.36. The Balaban J connectivity index is 1.66. The summed E-state index contributed by atoms with van der Waals surface area (Å²) in [6.07, 6.45) is 5.16. The van der Waals surface area contributed by atoms with Crippen LogP contribution in [0, 0.1) is 5.92 Å². The van der Waals surface area contributed by atoms with Gasteiger partial charge in [0.15, 0.2) is 0 Å². The summed E-state index contributed by atoms with van der Waals surface area (Å²) in [5.74, 6) is 0.395. The third kappa shape index (κ3) is 3.16. The zero-order valence-electron chi connectivity index (χ0n) is 12.1. The normalized spacial score (nSPS) is 23.8. The van der Waals surface area contributed by atoms with Crippen LogP contribution >= 0.6 is 11.6 Å². The Bertz CT molecular complexity index is 529. The van der Waals surface area contributed by atoms with Gasteiger partial charge in [-0.25, -0.2) is 5.01 Å². The maximum atomic E-state index is 12.6. The molecule has 5 heteroatoms. The molecule has 2 fully saturated rings. The number of rotatable bonds is 3. The molecular weight excluding hydrogens is 288 g/mol. The van der Waals surface area contributed by atoms with Crippen molar-refractivity contribution >= 4 is 17.5 Å². The number of carbonyl (C=O) groups excluding carboxylic acids is 1. The van der Waals surface area contributed by atoms with Gasteiger partial charge in [0.25, 0.3) is 0 Å². The van der Waals surface area contributed by atoms with Crippen LogP contribution in [0.1, 0.15) is 31.2 Å². The molecule has 2 saturated heterocycles. The molecule has 0 radical (unpaired) electrons. The molecule has 21 heavy (non-hydrogen) atoms. The maximum Gasteiger partial charge on any atom is 0.240 e. The fraction of sp³-hybridized carbons (Fsp3) is 0.562. The van der Waals surface area contributed by atoms with Crippen molar-refractivity contribution in [1.29, 1.82) is 0 Å². The minimum Gasteiger partial charge on any atom is -0.508 e. The smallest absolute Gasteiger partial charge is 0.240 e. The third-order valence-corrected chi connectivity index (χ3v) is 4.82. The van der Waals surface area contributed by atoms with Crippen LogP contribution in [0.25, 0.3) is 0 Å². The number of hydrogen-bond acceptors (Lipinski definition) is 3. The Labute approximate surface area is 130 Å². The molecule has 1 amide bonds. The molecule has 4 nitrogen and oxygen atoms in total. The number of halogens is 1. The standard InChI is InChI=1S/C16H21ClN2O2/c17-15-11-14(20)5-4-12(15)10-13-6-9-19(16(13)21)18-7-2-1-3-8-18/h4-5,11,13,20H,1-3,6-10H2. The van der Waals surface area contributed by atoms with Crippen LogP contribution in [-0.4, -0.2) is 40.7 Å². The highest BCUT2D eigenvalue weighted by Crippen LogP contribution is 2.29. The number of benzene rings is 1. The molecule has 114 valence electrons. The van der Waals surface area contributed by atoms with Crippen LogP contribution < -0.4 is 0 Å². The molecule has 2 aliphatic heterocycles. The summed E-state index contributed by atoms with van der Waals surface area (Å²) < 4.78 is 0. The van der Waals surface area contributed by atoms with Gasteiger partial charge >= 0.3 is 0 Å². The first-order valence-corrected chi connectivity index (χ1v) is 8.06.